The van der Waals surface area contributed by atoms with Gasteiger partial charge in [0.1, 0.15) is 0 Å². The van der Waals surface area contributed by atoms with E-state index in [1.165, 1.54) is 5.56 Å². The van der Waals surface area contributed by atoms with Gasteiger partial charge in [0.2, 0.25) is 0 Å². The Bertz CT molecular complexity index is 285. The van der Waals surface area contributed by atoms with Crippen molar-refractivity contribution in [1.82, 2.24) is 0 Å². The van der Waals surface area contributed by atoms with Gasteiger partial charge in [-0.3, -0.25) is 0 Å². The lowest BCUT2D eigenvalue weighted by Crippen LogP contribution is -2.09. The Morgan fingerprint density at radius 3 is 2.57 bits per heavy atom. The Hall–Kier alpha value is -0.0100. The van der Waals surface area contributed by atoms with Gasteiger partial charge in [-0.1, -0.05) is 54.4 Å². The van der Waals surface area contributed by atoms with Gasteiger partial charge in [0.15, 0.2) is 0 Å². The molecule has 0 nitrogen and oxygen atoms in total. The van der Waals surface area contributed by atoms with Crippen molar-refractivity contribution in [2.45, 2.75) is 38.0 Å². The highest BCUT2D eigenvalue weighted by molar-refractivity contribution is 9.10. The van der Waals surface area contributed by atoms with E-state index in [0.29, 0.717) is 5.92 Å². The lowest BCUT2D eigenvalue weighted by molar-refractivity contribution is 0.632. The predicted octanol–water partition coefficient (Wildman–Crippen LogP) is 4.96. The summed E-state index contributed by atoms with van der Waals surface area (Å²) in [6.07, 6.45) is 2.22. The Morgan fingerprint density at radius 1 is 1.36 bits per heavy atom. The van der Waals surface area contributed by atoms with Crippen LogP contribution in [0.4, 0.5) is 0 Å². The topological polar surface area (TPSA) is 0 Å². The maximum atomic E-state index is 6.32. The summed E-state index contributed by atoms with van der Waals surface area (Å²) in [4.78, 5) is 0. The first-order chi connectivity index (χ1) is 6.66. The average Bonchev–Trinajstić information content (AvgIpc) is 2.18. The zero-order chi connectivity index (χ0) is 10.6. The fraction of sp³-hybridized carbons (Fsp3) is 0.500. The smallest absolute Gasteiger partial charge is 0.0402 e. The number of benzene rings is 1. The highest BCUT2D eigenvalue weighted by Gasteiger charge is 2.17. The average molecular weight is 276 g/mol. The molecule has 0 N–H and O–H groups in total. The van der Waals surface area contributed by atoms with Gasteiger partial charge in [0.25, 0.3) is 0 Å². The van der Waals surface area contributed by atoms with Crippen molar-refractivity contribution < 1.29 is 0 Å². The summed E-state index contributed by atoms with van der Waals surface area (Å²) in [5, 5.41) is 0.235. The third kappa shape index (κ3) is 2.99. The van der Waals surface area contributed by atoms with E-state index in [2.05, 4.69) is 48.0 Å². The molecule has 0 spiro atoms. The lowest BCUT2D eigenvalue weighted by Gasteiger charge is -2.18. The van der Waals surface area contributed by atoms with Crippen LogP contribution >= 0.6 is 27.5 Å². The molecule has 0 radical (unpaired) electrons. The molecule has 1 rings (SSSR count). The summed E-state index contributed by atoms with van der Waals surface area (Å²) < 4.78 is 1.16. The van der Waals surface area contributed by atoms with Crippen LogP contribution in [0.3, 0.4) is 0 Å². The molecule has 0 amide bonds. The summed E-state index contributed by atoms with van der Waals surface area (Å²) in [5.41, 5.74) is 1.31. The first kappa shape index (κ1) is 12.1. The maximum absolute atomic E-state index is 6.32. The van der Waals surface area contributed by atoms with Gasteiger partial charge in [-0.05, 0) is 24.0 Å². The summed E-state index contributed by atoms with van der Waals surface area (Å²) >= 11 is 9.87. The van der Waals surface area contributed by atoms with Crippen molar-refractivity contribution >= 4 is 27.5 Å². The van der Waals surface area contributed by atoms with E-state index in [-0.39, 0.29) is 5.38 Å². The Morgan fingerprint density at radius 2 is 2.00 bits per heavy atom. The fourth-order valence-corrected chi connectivity index (χ4v) is 2.56. The normalized spacial score (nSPS) is 15.1. The molecule has 0 bridgehead atoms. The van der Waals surface area contributed by atoms with Gasteiger partial charge >= 0.3 is 0 Å². The van der Waals surface area contributed by atoms with E-state index in [1.807, 2.05) is 6.07 Å². The van der Waals surface area contributed by atoms with Crippen LogP contribution in [-0.2, 0) is 0 Å². The predicted molar refractivity (Wildman–Crippen MR) is 67.1 cm³/mol. The standard InChI is InChI=1S/C12H16BrCl/c1-3-6-12(14)9(2)10-7-4-5-8-11(10)13/h4-5,7-9,12H,3,6H2,1-2H3. The molecular weight excluding hydrogens is 259 g/mol. The molecule has 2 atom stereocenters. The van der Waals surface area contributed by atoms with Gasteiger partial charge in [-0.15, -0.1) is 11.6 Å². The summed E-state index contributed by atoms with van der Waals surface area (Å²) in [6.45, 7) is 4.36. The number of alkyl halides is 1. The second-order valence-electron chi connectivity index (χ2n) is 3.61. The Balaban J connectivity index is 2.78. The molecular formula is C12H16BrCl. The molecule has 0 heterocycles. The molecule has 0 saturated carbocycles. The molecule has 0 saturated heterocycles. The Labute approximate surface area is 99.8 Å². The minimum absolute atomic E-state index is 0.235. The van der Waals surface area contributed by atoms with E-state index in [4.69, 9.17) is 11.6 Å². The molecule has 2 heteroatoms. The first-order valence-electron chi connectivity index (χ1n) is 5.05. The molecule has 2 unspecified atom stereocenters. The minimum Gasteiger partial charge on any atom is -0.122 e. The molecule has 0 fully saturated rings. The van der Waals surface area contributed by atoms with Gasteiger partial charge in [0, 0.05) is 9.85 Å². The molecule has 0 aliphatic heterocycles. The Kier molecular flexibility index (Phi) is 4.97. The van der Waals surface area contributed by atoms with E-state index in [9.17, 15) is 0 Å². The van der Waals surface area contributed by atoms with Crippen molar-refractivity contribution in [3.8, 4) is 0 Å². The van der Waals surface area contributed by atoms with Crippen molar-refractivity contribution in [2.75, 3.05) is 0 Å². The van der Waals surface area contributed by atoms with Crippen LogP contribution < -0.4 is 0 Å². The summed E-state index contributed by atoms with van der Waals surface area (Å²) in [5.74, 6) is 0.409. The maximum Gasteiger partial charge on any atom is 0.0402 e. The van der Waals surface area contributed by atoms with Crippen LogP contribution in [0, 0.1) is 0 Å². The molecule has 0 aliphatic carbocycles. The molecule has 14 heavy (non-hydrogen) atoms. The van der Waals surface area contributed by atoms with Crippen LogP contribution in [0.25, 0.3) is 0 Å². The van der Waals surface area contributed by atoms with Crippen LogP contribution in [0.5, 0.6) is 0 Å². The van der Waals surface area contributed by atoms with Crippen molar-refractivity contribution in [2.24, 2.45) is 0 Å². The van der Waals surface area contributed by atoms with Crippen LogP contribution in [0.2, 0.25) is 0 Å². The van der Waals surface area contributed by atoms with Crippen LogP contribution in [-0.4, -0.2) is 5.38 Å². The SMILES string of the molecule is CCCC(Cl)C(C)c1ccccc1Br. The minimum atomic E-state index is 0.235. The highest BCUT2D eigenvalue weighted by Crippen LogP contribution is 2.31. The van der Waals surface area contributed by atoms with Crippen molar-refractivity contribution in [3.63, 3.8) is 0 Å². The zero-order valence-electron chi connectivity index (χ0n) is 8.63. The van der Waals surface area contributed by atoms with E-state index in [0.717, 1.165) is 17.3 Å². The largest absolute Gasteiger partial charge is 0.122 e. The van der Waals surface area contributed by atoms with E-state index < -0.39 is 0 Å². The third-order valence-electron chi connectivity index (χ3n) is 2.50. The van der Waals surface area contributed by atoms with E-state index in [1.54, 1.807) is 0 Å². The fourth-order valence-electron chi connectivity index (χ4n) is 1.56. The number of halogens is 2. The molecule has 1 aromatic rings. The lowest BCUT2D eigenvalue weighted by atomic mass is 9.95. The van der Waals surface area contributed by atoms with Crippen LogP contribution in [0.15, 0.2) is 28.7 Å². The second-order valence-corrected chi connectivity index (χ2v) is 5.03. The van der Waals surface area contributed by atoms with Crippen molar-refractivity contribution in [3.05, 3.63) is 34.3 Å². The van der Waals surface area contributed by atoms with Gasteiger partial charge < -0.3 is 0 Å². The summed E-state index contributed by atoms with van der Waals surface area (Å²) in [6, 6.07) is 8.30. The number of rotatable bonds is 4. The number of hydrogen-bond donors (Lipinski definition) is 0. The third-order valence-corrected chi connectivity index (χ3v) is 3.82. The molecule has 1 aromatic carbocycles. The van der Waals surface area contributed by atoms with Crippen LogP contribution in [0.1, 0.15) is 38.2 Å². The van der Waals surface area contributed by atoms with Gasteiger partial charge in [-0.2, -0.15) is 0 Å². The molecule has 0 aliphatic rings. The number of hydrogen-bond acceptors (Lipinski definition) is 0. The summed E-state index contributed by atoms with van der Waals surface area (Å²) in [7, 11) is 0. The second kappa shape index (κ2) is 5.77. The molecule has 78 valence electrons. The van der Waals surface area contributed by atoms with Gasteiger partial charge in [0.05, 0.1) is 0 Å². The quantitative estimate of drug-likeness (QED) is 0.681. The first-order valence-corrected chi connectivity index (χ1v) is 6.28. The van der Waals surface area contributed by atoms with E-state index >= 15 is 0 Å². The monoisotopic (exact) mass is 274 g/mol. The van der Waals surface area contributed by atoms with Gasteiger partial charge in [-0.25, -0.2) is 0 Å². The highest BCUT2D eigenvalue weighted by atomic mass is 79.9. The molecule has 0 aromatic heterocycles. The van der Waals surface area contributed by atoms with Crippen molar-refractivity contribution in [1.29, 1.82) is 0 Å². The zero-order valence-corrected chi connectivity index (χ0v) is 11.0.